The molecule has 106 valence electrons. The molecule has 1 fully saturated rings. The molecular formula is C16H27BO2. The molecule has 19 heavy (non-hydrogen) atoms. The minimum absolute atomic E-state index is 0. The zero-order chi connectivity index (χ0) is 13.4. The molecule has 0 aliphatic carbocycles. The molecule has 0 bridgehead atoms. The van der Waals surface area contributed by atoms with E-state index in [0.29, 0.717) is 5.92 Å². The first kappa shape index (κ1) is 16.3. The lowest BCUT2D eigenvalue weighted by Crippen LogP contribution is -2.41. The van der Waals surface area contributed by atoms with Gasteiger partial charge in [0.25, 0.3) is 0 Å². The Morgan fingerprint density at radius 1 is 1.00 bits per heavy atom. The van der Waals surface area contributed by atoms with E-state index in [4.69, 9.17) is 9.31 Å². The van der Waals surface area contributed by atoms with Gasteiger partial charge in [-0.25, -0.2) is 0 Å². The molecule has 0 radical (unpaired) electrons. The van der Waals surface area contributed by atoms with Crippen LogP contribution in [-0.4, -0.2) is 18.3 Å². The van der Waals surface area contributed by atoms with Crippen molar-refractivity contribution in [2.24, 2.45) is 0 Å². The normalized spacial score (nSPS) is 21.8. The predicted molar refractivity (Wildman–Crippen MR) is 82.5 cm³/mol. The van der Waals surface area contributed by atoms with Crippen molar-refractivity contribution in [2.45, 2.75) is 65.5 Å². The summed E-state index contributed by atoms with van der Waals surface area (Å²) in [6, 6.07) is 10.5. The van der Waals surface area contributed by atoms with Gasteiger partial charge in [0, 0.05) is 0 Å². The Bertz CT molecular complexity index is 384. The molecule has 1 heterocycles. The average Bonchev–Trinajstić information content (AvgIpc) is 2.48. The third-order valence-corrected chi connectivity index (χ3v) is 4.22. The second kappa shape index (κ2) is 5.68. The lowest BCUT2D eigenvalue weighted by atomic mass is 9.75. The minimum atomic E-state index is -0.228. The highest BCUT2D eigenvalue weighted by atomic mass is 16.7. The van der Waals surface area contributed by atoms with Gasteiger partial charge >= 0.3 is 7.12 Å². The van der Waals surface area contributed by atoms with Crippen LogP contribution in [0.4, 0.5) is 0 Å². The van der Waals surface area contributed by atoms with E-state index in [1.807, 2.05) is 6.07 Å². The van der Waals surface area contributed by atoms with Crippen LogP contribution in [-0.2, 0) is 9.31 Å². The van der Waals surface area contributed by atoms with Crippen molar-refractivity contribution in [1.82, 2.24) is 0 Å². The predicted octanol–water partition coefficient (Wildman–Crippen LogP) is 4.52. The molecule has 1 aromatic carbocycles. The highest BCUT2D eigenvalue weighted by Crippen LogP contribution is 2.39. The fraction of sp³-hybridized carbons (Fsp3) is 0.625. The molecule has 1 aliphatic rings. The Balaban J connectivity index is 0.00000180. The van der Waals surface area contributed by atoms with Crippen molar-refractivity contribution in [1.29, 1.82) is 0 Å². The molecule has 0 N–H and O–H groups in total. The maximum absolute atomic E-state index is 6.03. The van der Waals surface area contributed by atoms with E-state index in [2.05, 4.69) is 58.9 Å². The topological polar surface area (TPSA) is 18.5 Å². The first-order valence-electron chi connectivity index (χ1n) is 6.72. The van der Waals surface area contributed by atoms with Crippen molar-refractivity contribution in [3.8, 4) is 0 Å². The standard InChI is InChI=1S/C15H23BO2.CH4/c1-12(13-9-7-6-8-10-13)11-16-17-14(2,3)15(4,5)18-16;/h6-10,12H,11H2,1-5H3;1H4. The largest absolute Gasteiger partial charge is 0.458 e. The third kappa shape index (κ3) is 3.40. The fourth-order valence-corrected chi connectivity index (χ4v) is 2.27. The highest BCUT2D eigenvalue weighted by molar-refractivity contribution is 6.45. The van der Waals surface area contributed by atoms with Crippen LogP contribution >= 0.6 is 0 Å². The van der Waals surface area contributed by atoms with Crippen molar-refractivity contribution in [3.05, 3.63) is 35.9 Å². The fourth-order valence-electron chi connectivity index (χ4n) is 2.27. The van der Waals surface area contributed by atoms with Crippen molar-refractivity contribution in [3.63, 3.8) is 0 Å². The van der Waals surface area contributed by atoms with Crippen molar-refractivity contribution in [2.75, 3.05) is 0 Å². The molecule has 0 amide bonds. The molecule has 0 aromatic heterocycles. The van der Waals surface area contributed by atoms with Crippen LogP contribution in [0.5, 0.6) is 0 Å². The van der Waals surface area contributed by atoms with E-state index in [-0.39, 0.29) is 25.7 Å². The van der Waals surface area contributed by atoms with Gasteiger partial charge < -0.3 is 9.31 Å². The summed E-state index contributed by atoms with van der Waals surface area (Å²) < 4.78 is 12.1. The maximum Gasteiger partial charge on any atom is 0.458 e. The van der Waals surface area contributed by atoms with Gasteiger partial charge in [0.15, 0.2) is 0 Å². The van der Waals surface area contributed by atoms with E-state index in [1.165, 1.54) is 5.56 Å². The van der Waals surface area contributed by atoms with E-state index in [9.17, 15) is 0 Å². The number of benzene rings is 1. The monoisotopic (exact) mass is 262 g/mol. The molecular weight excluding hydrogens is 235 g/mol. The molecule has 1 aliphatic heterocycles. The van der Waals surface area contributed by atoms with E-state index >= 15 is 0 Å². The molecule has 0 saturated carbocycles. The van der Waals surface area contributed by atoms with Gasteiger partial charge in [0.2, 0.25) is 0 Å². The first-order valence-corrected chi connectivity index (χ1v) is 6.72. The summed E-state index contributed by atoms with van der Waals surface area (Å²) in [6.07, 6.45) is 0.900. The Labute approximate surface area is 118 Å². The quantitative estimate of drug-likeness (QED) is 0.746. The summed E-state index contributed by atoms with van der Waals surface area (Å²) in [5.74, 6) is 0.445. The average molecular weight is 262 g/mol. The Kier molecular flexibility index (Phi) is 4.86. The van der Waals surface area contributed by atoms with Gasteiger partial charge in [0.1, 0.15) is 0 Å². The van der Waals surface area contributed by atoms with E-state index < -0.39 is 0 Å². The van der Waals surface area contributed by atoms with Gasteiger partial charge in [-0.2, -0.15) is 0 Å². The molecule has 1 aromatic rings. The molecule has 1 unspecified atom stereocenters. The van der Waals surface area contributed by atoms with Crippen LogP contribution in [0.3, 0.4) is 0 Å². The van der Waals surface area contributed by atoms with Crippen LogP contribution in [0.25, 0.3) is 0 Å². The van der Waals surface area contributed by atoms with Gasteiger partial charge in [-0.3, -0.25) is 0 Å². The number of rotatable bonds is 3. The molecule has 1 saturated heterocycles. The number of hydrogen-bond acceptors (Lipinski definition) is 2. The summed E-state index contributed by atoms with van der Waals surface area (Å²) in [5, 5.41) is 0. The van der Waals surface area contributed by atoms with Crippen molar-refractivity contribution >= 4 is 7.12 Å². The maximum atomic E-state index is 6.03. The lowest BCUT2D eigenvalue weighted by Gasteiger charge is -2.32. The second-order valence-corrected chi connectivity index (χ2v) is 6.23. The first-order chi connectivity index (χ1) is 8.32. The highest BCUT2D eigenvalue weighted by Gasteiger charge is 2.51. The van der Waals surface area contributed by atoms with Gasteiger partial charge in [-0.05, 0) is 45.5 Å². The van der Waals surface area contributed by atoms with Crippen LogP contribution in [0.1, 0.15) is 53.5 Å². The van der Waals surface area contributed by atoms with Crippen molar-refractivity contribution < 1.29 is 9.31 Å². The lowest BCUT2D eigenvalue weighted by molar-refractivity contribution is 0.00578. The molecule has 1 atom stereocenters. The van der Waals surface area contributed by atoms with Crippen LogP contribution in [0.2, 0.25) is 6.32 Å². The summed E-state index contributed by atoms with van der Waals surface area (Å²) in [5.41, 5.74) is 0.884. The summed E-state index contributed by atoms with van der Waals surface area (Å²) in [7, 11) is -0.106. The molecule has 0 spiro atoms. The Morgan fingerprint density at radius 3 is 1.95 bits per heavy atom. The van der Waals surface area contributed by atoms with E-state index in [0.717, 1.165) is 6.32 Å². The molecule has 3 heteroatoms. The summed E-state index contributed by atoms with van der Waals surface area (Å²) in [6.45, 7) is 10.6. The smallest absolute Gasteiger partial charge is 0.403 e. The van der Waals surface area contributed by atoms with Crippen LogP contribution < -0.4 is 0 Å². The Morgan fingerprint density at radius 2 is 1.47 bits per heavy atom. The van der Waals surface area contributed by atoms with E-state index in [1.54, 1.807) is 0 Å². The van der Waals surface area contributed by atoms with Gasteiger partial charge in [-0.1, -0.05) is 44.7 Å². The zero-order valence-corrected chi connectivity index (χ0v) is 12.1. The van der Waals surface area contributed by atoms with Gasteiger partial charge in [0.05, 0.1) is 11.2 Å². The van der Waals surface area contributed by atoms with Crippen LogP contribution in [0.15, 0.2) is 30.3 Å². The van der Waals surface area contributed by atoms with Crippen LogP contribution in [0, 0.1) is 0 Å². The van der Waals surface area contributed by atoms with Gasteiger partial charge in [-0.15, -0.1) is 0 Å². The Hall–Kier alpha value is -0.795. The molecule has 2 rings (SSSR count). The summed E-state index contributed by atoms with van der Waals surface area (Å²) >= 11 is 0. The SMILES string of the molecule is C.CC(CB1OC(C)(C)C(C)(C)O1)c1ccccc1. The second-order valence-electron chi connectivity index (χ2n) is 6.23. The third-order valence-electron chi connectivity index (χ3n) is 4.22. The zero-order valence-electron chi connectivity index (χ0n) is 12.1. The molecule has 2 nitrogen and oxygen atoms in total. The summed E-state index contributed by atoms with van der Waals surface area (Å²) in [4.78, 5) is 0. The minimum Gasteiger partial charge on any atom is -0.403 e. The number of hydrogen-bond donors (Lipinski definition) is 0.